The minimum atomic E-state index is -0.159. The van der Waals surface area contributed by atoms with E-state index < -0.39 is 0 Å². The summed E-state index contributed by atoms with van der Waals surface area (Å²) in [5.41, 5.74) is 13.4. The summed E-state index contributed by atoms with van der Waals surface area (Å²) >= 11 is 0. The third-order valence-corrected chi connectivity index (χ3v) is 9.65. The van der Waals surface area contributed by atoms with E-state index in [0.717, 1.165) is 33.7 Å². The Balaban J connectivity index is 1.16. The summed E-state index contributed by atoms with van der Waals surface area (Å²) in [6.45, 7) is 4.64. The van der Waals surface area contributed by atoms with E-state index in [0.29, 0.717) is 5.89 Å². The van der Waals surface area contributed by atoms with Gasteiger partial charge in [0.15, 0.2) is 5.58 Å². The molecule has 3 nitrogen and oxygen atoms in total. The van der Waals surface area contributed by atoms with Crippen molar-refractivity contribution in [3.05, 3.63) is 169 Å². The molecule has 0 amide bonds. The predicted octanol–water partition coefficient (Wildman–Crippen LogP) is 12.1. The van der Waals surface area contributed by atoms with Gasteiger partial charge < -0.3 is 9.32 Å². The lowest BCUT2D eigenvalue weighted by molar-refractivity contribution is 0.619. The Morgan fingerprint density at radius 2 is 1.06 bits per heavy atom. The van der Waals surface area contributed by atoms with E-state index in [1.807, 2.05) is 30.3 Å². The molecule has 1 heterocycles. The Kier molecular flexibility index (Phi) is 6.16. The van der Waals surface area contributed by atoms with Gasteiger partial charge >= 0.3 is 0 Å². The molecule has 0 N–H and O–H groups in total. The van der Waals surface area contributed by atoms with Crippen molar-refractivity contribution >= 4 is 38.9 Å². The molecule has 0 bridgehead atoms. The summed E-state index contributed by atoms with van der Waals surface area (Å²) in [7, 11) is 0. The normalized spacial score (nSPS) is 13.1. The van der Waals surface area contributed by atoms with Crippen molar-refractivity contribution in [3.63, 3.8) is 0 Å². The van der Waals surface area contributed by atoms with Crippen LogP contribution in [0, 0.1) is 0 Å². The van der Waals surface area contributed by atoms with Crippen LogP contribution in [0.5, 0.6) is 0 Å². The lowest BCUT2D eigenvalue weighted by Crippen LogP contribution is -2.15. The molecule has 0 saturated heterocycles. The quantitative estimate of drug-likeness (QED) is 0.196. The molecule has 3 heteroatoms. The summed E-state index contributed by atoms with van der Waals surface area (Å²) in [4.78, 5) is 7.22. The molecule has 0 fully saturated rings. The Bertz CT molecular complexity index is 2410. The standard InChI is InChI=1S/C44H32N2O/c1-44(2)39-26-32-20-23-36(46(34-16-10-5-11-17-34)35-21-18-30(19-22-35)29-12-6-3-7-13-29)24-33(32)25-37(39)38-27-42-41(28-40(38)44)45-43(47-42)31-14-8-4-9-15-31/h3-28H,1-2H3. The Hall–Kier alpha value is -5.93. The number of oxazole rings is 1. The number of rotatable bonds is 5. The molecule has 1 aromatic heterocycles. The van der Waals surface area contributed by atoms with Gasteiger partial charge in [0.25, 0.3) is 0 Å². The van der Waals surface area contributed by atoms with Crippen molar-refractivity contribution in [3.8, 4) is 33.7 Å². The number of hydrogen-bond acceptors (Lipinski definition) is 3. The molecule has 1 aliphatic rings. The monoisotopic (exact) mass is 604 g/mol. The van der Waals surface area contributed by atoms with Crippen LogP contribution in [0.25, 0.3) is 55.6 Å². The Morgan fingerprint density at radius 3 is 1.79 bits per heavy atom. The molecule has 1 aliphatic carbocycles. The number of anilines is 3. The first kappa shape index (κ1) is 27.4. The Labute approximate surface area is 274 Å². The molecule has 0 spiro atoms. The Morgan fingerprint density at radius 1 is 0.489 bits per heavy atom. The van der Waals surface area contributed by atoms with Gasteiger partial charge in [0.2, 0.25) is 5.89 Å². The van der Waals surface area contributed by atoms with Crippen LogP contribution in [-0.4, -0.2) is 4.98 Å². The van der Waals surface area contributed by atoms with E-state index in [1.54, 1.807) is 0 Å². The lowest BCUT2D eigenvalue weighted by atomic mass is 9.82. The van der Waals surface area contributed by atoms with Crippen molar-refractivity contribution < 1.29 is 4.42 Å². The van der Waals surface area contributed by atoms with Gasteiger partial charge in [0.05, 0.1) is 0 Å². The van der Waals surface area contributed by atoms with Crippen LogP contribution in [0.3, 0.4) is 0 Å². The van der Waals surface area contributed by atoms with E-state index >= 15 is 0 Å². The summed E-state index contributed by atoms with van der Waals surface area (Å²) in [5, 5.41) is 2.43. The topological polar surface area (TPSA) is 29.3 Å². The van der Waals surface area contributed by atoms with E-state index in [4.69, 9.17) is 9.40 Å². The maximum Gasteiger partial charge on any atom is 0.227 e. The maximum atomic E-state index is 6.32. The van der Waals surface area contributed by atoms with Crippen molar-refractivity contribution in [2.75, 3.05) is 4.90 Å². The van der Waals surface area contributed by atoms with Gasteiger partial charge in [-0.2, -0.15) is 0 Å². The molecule has 47 heavy (non-hydrogen) atoms. The summed E-state index contributed by atoms with van der Waals surface area (Å²) in [6, 6.07) is 56.1. The second-order valence-electron chi connectivity index (χ2n) is 12.9. The molecule has 224 valence electrons. The van der Waals surface area contributed by atoms with Crippen LogP contribution in [0.15, 0.2) is 162 Å². The second-order valence-corrected chi connectivity index (χ2v) is 12.9. The number of benzene rings is 7. The highest BCUT2D eigenvalue weighted by Gasteiger charge is 2.36. The number of nitrogens with zero attached hydrogens (tertiary/aromatic N) is 2. The first-order valence-electron chi connectivity index (χ1n) is 16.1. The number of para-hydroxylation sites is 1. The van der Waals surface area contributed by atoms with Crippen LogP contribution in [0.4, 0.5) is 17.1 Å². The van der Waals surface area contributed by atoms with E-state index in [9.17, 15) is 0 Å². The highest BCUT2D eigenvalue weighted by molar-refractivity contribution is 5.98. The van der Waals surface area contributed by atoms with Gasteiger partial charge in [-0.15, -0.1) is 0 Å². The van der Waals surface area contributed by atoms with Gasteiger partial charge in [-0.3, -0.25) is 0 Å². The molecule has 8 aromatic rings. The highest BCUT2D eigenvalue weighted by atomic mass is 16.3. The number of hydrogen-bond donors (Lipinski definition) is 0. The van der Waals surface area contributed by atoms with Crippen LogP contribution in [0.2, 0.25) is 0 Å². The molecule has 0 aliphatic heterocycles. The summed E-state index contributed by atoms with van der Waals surface area (Å²) in [5.74, 6) is 0.656. The van der Waals surface area contributed by atoms with Gasteiger partial charge in [0, 0.05) is 28.0 Å². The van der Waals surface area contributed by atoms with Crippen molar-refractivity contribution in [1.82, 2.24) is 4.98 Å². The van der Waals surface area contributed by atoms with Crippen molar-refractivity contribution in [1.29, 1.82) is 0 Å². The van der Waals surface area contributed by atoms with Gasteiger partial charge in [0.1, 0.15) is 5.52 Å². The maximum absolute atomic E-state index is 6.32. The van der Waals surface area contributed by atoms with Crippen LogP contribution < -0.4 is 4.90 Å². The first-order chi connectivity index (χ1) is 23.0. The summed E-state index contributed by atoms with van der Waals surface area (Å²) in [6.07, 6.45) is 0. The van der Waals surface area contributed by atoms with Gasteiger partial charge in [-0.25, -0.2) is 4.98 Å². The van der Waals surface area contributed by atoms with Gasteiger partial charge in [-0.1, -0.05) is 98.8 Å². The fraction of sp³-hybridized carbons (Fsp3) is 0.0682. The zero-order valence-corrected chi connectivity index (χ0v) is 26.3. The van der Waals surface area contributed by atoms with Crippen molar-refractivity contribution in [2.24, 2.45) is 0 Å². The van der Waals surface area contributed by atoms with Crippen molar-refractivity contribution in [2.45, 2.75) is 19.3 Å². The summed E-state index contributed by atoms with van der Waals surface area (Å²) < 4.78 is 6.32. The fourth-order valence-corrected chi connectivity index (χ4v) is 7.19. The average molecular weight is 605 g/mol. The highest BCUT2D eigenvalue weighted by Crippen LogP contribution is 2.51. The molecule has 7 aromatic carbocycles. The molecule has 0 radical (unpaired) electrons. The van der Waals surface area contributed by atoms with Crippen LogP contribution in [-0.2, 0) is 5.41 Å². The van der Waals surface area contributed by atoms with E-state index in [-0.39, 0.29) is 5.41 Å². The zero-order valence-electron chi connectivity index (χ0n) is 26.3. The SMILES string of the molecule is CC1(C)c2cc3ccc(N(c4ccccc4)c4ccc(-c5ccccc5)cc4)cc3cc2-c2cc3oc(-c4ccccc4)nc3cc21. The first-order valence-corrected chi connectivity index (χ1v) is 16.1. The smallest absolute Gasteiger partial charge is 0.227 e. The molecule has 0 atom stereocenters. The van der Waals surface area contributed by atoms with Gasteiger partial charge in [-0.05, 0) is 117 Å². The van der Waals surface area contributed by atoms with Crippen LogP contribution in [0.1, 0.15) is 25.0 Å². The third-order valence-electron chi connectivity index (χ3n) is 9.65. The molecule has 0 unspecified atom stereocenters. The van der Waals surface area contributed by atoms with E-state index in [2.05, 4.69) is 146 Å². The number of aromatic nitrogens is 1. The average Bonchev–Trinajstić information content (AvgIpc) is 3.64. The number of fused-ring (bicyclic) bond motifs is 5. The molecular formula is C44H32N2O. The third kappa shape index (κ3) is 4.54. The lowest BCUT2D eigenvalue weighted by Gasteiger charge is -2.26. The molecular weight excluding hydrogens is 572 g/mol. The minimum Gasteiger partial charge on any atom is -0.436 e. The fourth-order valence-electron chi connectivity index (χ4n) is 7.19. The molecule has 0 saturated carbocycles. The minimum absolute atomic E-state index is 0.159. The van der Waals surface area contributed by atoms with Crippen LogP contribution >= 0.6 is 0 Å². The largest absolute Gasteiger partial charge is 0.436 e. The predicted molar refractivity (Wildman–Crippen MR) is 195 cm³/mol. The zero-order chi connectivity index (χ0) is 31.5. The molecule has 9 rings (SSSR count). The second kappa shape index (κ2) is 10.6. The van der Waals surface area contributed by atoms with E-state index in [1.165, 1.54) is 44.2 Å².